The summed E-state index contributed by atoms with van der Waals surface area (Å²) in [6.07, 6.45) is 4.12. The summed E-state index contributed by atoms with van der Waals surface area (Å²) >= 11 is 4.64. The molecule has 1 saturated heterocycles. The van der Waals surface area contributed by atoms with E-state index in [0.717, 1.165) is 41.9 Å². The number of rotatable bonds is 2. The SMILES string of the molecule is CCl.Cn1ccc2nc(CN)c(N3CCCN(C(=O)OC(C)(C)C)CC3)cc21. The lowest BCUT2D eigenvalue weighted by Gasteiger charge is -2.27. The quantitative estimate of drug-likeness (QED) is 0.770. The highest BCUT2D eigenvalue weighted by Crippen LogP contribution is 2.26. The first-order valence-corrected chi connectivity index (χ1v) is 10.3. The van der Waals surface area contributed by atoms with Crippen molar-refractivity contribution in [2.24, 2.45) is 12.8 Å². The van der Waals surface area contributed by atoms with Gasteiger partial charge in [0.2, 0.25) is 0 Å². The monoisotopic (exact) mass is 409 g/mol. The average Bonchev–Trinajstić information content (AvgIpc) is 2.86. The maximum atomic E-state index is 12.4. The van der Waals surface area contributed by atoms with Crippen molar-refractivity contribution in [1.82, 2.24) is 14.5 Å². The van der Waals surface area contributed by atoms with Gasteiger partial charge in [-0.25, -0.2) is 9.78 Å². The first-order chi connectivity index (χ1) is 13.3. The van der Waals surface area contributed by atoms with E-state index < -0.39 is 5.60 Å². The summed E-state index contributed by atoms with van der Waals surface area (Å²) in [6.45, 7) is 9.00. The highest BCUT2D eigenvalue weighted by Gasteiger charge is 2.25. The van der Waals surface area contributed by atoms with Crippen molar-refractivity contribution in [1.29, 1.82) is 0 Å². The van der Waals surface area contributed by atoms with Crippen LogP contribution in [0.25, 0.3) is 11.0 Å². The van der Waals surface area contributed by atoms with Crippen molar-refractivity contribution in [3.05, 3.63) is 24.0 Å². The number of carbonyl (C=O) groups excluding carboxylic acids is 1. The molecular weight excluding hydrogens is 378 g/mol. The highest BCUT2D eigenvalue weighted by molar-refractivity contribution is 6.15. The Kier molecular flexibility index (Phi) is 7.55. The summed E-state index contributed by atoms with van der Waals surface area (Å²) in [7, 11) is 2.02. The number of halogens is 1. The molecule has 0 saturated carbocycles. The molecule has 3 rings (SSSR count). The van der Waals surface area contributed by atoms with Crippen molar-refractivity contribution < 1.29 is 9.53 Å². The van der Waals surface area contributed by atoms with Crippen LogP contribution in [0, 0.1) is 0 Å². The van der Waals surface area contributed by atoms with Crippen molar-refractivity contribution in [3.63, 3.8) is 0 Å². The molecule has 1 fully saturated rings. The second-order valence-corrected chi connectivity index (χ2v) is 7.80. The molecule has 1 aliphatic heterocycles. The Balaban J connectivity index is 0.00000136. The van der Waals surface area contributed by atoms with Gasteiger partial charge in [-0.15, -0.1) is 11.6 Å². The summed E-state index contributed by atoms with van der Waals surface area (Å²) < 4.78 is 7.58. The van der Waals surface area contributed by atoms with Gasteiger partial charge in [0.05, 0.1) is 22.4 Å². The van der Waals surface area contributed by atoms with Gasteiger partial charge in [0.15, 0.2) is 0 Å². The second kappa shape index (κ2) is 9.47. The zero-order valence-corrected chi connectivity index (χ0v) is 18.3. The molecule has 2 N–H and O–H groups in total. The Morgan fingerprint density at radius 2 is 1.96 bits per heavy atom. The number of amides is 1. The smallest absolute Gasteiger partial charge is 0.410 e. The third kappa shape index (κ3) is 5.29. The molecule has 0 bridgehead atoms. The zero-order chi connectivity index (χ0) is 20.9. The number of nitrogens with two attached hydrogens (primary N) is 1. The lowest BCUT2D eigenvalue weighted by atomic mass is 10.2. The standard InChI is InChI=1S/C19H29N5O2.CH3Cl/c1-19(2,3)26-18(25)24-8-5-7-23(10-11-24)17-12-16-14(6-9-22(16)4)21-15(17)13-20;1-2/h6,9,12H,5,7-8,10-11,13,20H2,1-4H3;1H3. The Hall–Kier alpha value is -1.99. The number of aromatic nitrogens is 2. The van der Waals surface area contributed by atoms with Crippen LogP contribution in [0.4, 0.5) is 10.5 Å². The number of alkyl halides is 1. The van der Waals surface area contributed by atoms with Crippen LogP contribution in [0.1, 0.15) is 32.9 Å². The number of nitrogens with zero attached hydrogens (tertiary/aromatic N) is 4. The van der Waals surface area contributed by atoms with E-state index in [-0.39, 0.29) is 6.09 Å². The van der Waals surface area contributed by atoms with Gasteiger partial charge in [-0.05, 0) is 39.3 Å². The van der Waals surface area contributed by atoms with Crippen molar-refractivity contribution in [2.75, 3.05) is 37.5 Å². The fourth-order valence-corrected chi connectivity index (χ4v) is 3.31. The van der Waals surface area contributed by atoms with E-state index in [1.54, 1.807) is 4.90 Å². The Labute approximate surface area is 172 Å². The van der Waals surface area contributed by atoms with E-state index in [0.29, 0.717) is 19.6 Å². The van der Waals surface area contributed by atoms with Crippen molar-refractivity contribution in [3.8, 4) is 0 Å². The molecule has 0 spiro atoms. The molecule has 28 heavy (non-hydrogen) atoms. The van der Waals surface area contributed by atoms with E-state index >= 15 is 0 Å². The maximum absolute atomic E-state index is 12.4. The van der Waals surface area contributed by atoms with Crippen LogP contribution in [0.3, 0.4) is 0 Å². The number of aryl methyl sites for hydroxylation is 1. The average molecular weight is 410 g/mol. The number of fused-ring (bicyclic) bond motifs is 1. The molecular formula is C20H32ClN5O2. The largest absolute Gasteiger partial charge is 0.444 e. The zero-order valence-electron chi connectivity index (χ0n) is 17.5. The van der Waals surface area contributed by atoms with Gasteiger partial charge in [-0.3, -0.25) is 0 Å². The lowest BCUT2D eigenvalue weighted by Crippen LogP contribution is -2.39. The second-order valence-electron chi connectivity index (χ2n) is 7.80. The Bertz CT molecular complexity index is 800. The molecule has 1 aliphatic rings. The molecule has 8 heteroatoms. The lowest BCUT2D eigenvalue weighted by molar-refractivity contribution is 0.0263. The van der Waals surface area contributed by atoms with Gasteiger partial charge in [-0.1, -0.05) is 0 Å². The first-order valence-electron chi connectivity index (χ1n) is 9.54. The number of hydrogen-bond acceptors (Lipinski definition) is 5. The van der Waals surface area contributed by atoms with Gasteiger partial charge in [0, 0.05) is 52.4 Å². The summed E-state index contributed by atoms with van der Waals surface area (Å²) in [6, 6.07) is 4.17. The van der Waals surface area contributed by atoms with E-state index in [1.165, 1.54) is 6.38 Å². The van der Waals surface area contributed by atoms with Crippen LogP contribution in [0.15, 0.2) is 18.3 Å². The van der Waals surface area contributed by atoms with Crippen LogP contribution in [-0.4, -0.2) is 58.7 Å². The predicted molar refractivity (Wildman–Crippen MR) is 115 cm³/mol. The molecule has 7 nitrogen and oxygen atoms in total. The molecule has 2 aromatic heterocycles. The third-order valence-corrected chi connectivity index (χ3v) is 4.60. The number of anilines is 1. The van der Waals surface area contributed by atoms with Crippen LogP contribution in [-0.2, 0) is 18.3 Å². The molecule has 0 radical (unpaired) electrons. The predicted octanol–water partition coefficient (Wildman–Crippen LogP) is 3.33. The summed E-state index contributed by atoms with van der Waals surface area (Å²) in [5.41, 5.74) is 9.49. The van der Waals surface area contributed by atoms with Gasteiger partial charge in [0.1, 0.15) is 5.60 Å². The Morgan fingerprint density at radius 1 is 1.25 bits per heavy atom. The fourth-order valence-electron chi connectivity index (χ4n) is 3.31. The summed E-state index contributed by atoms with van der Waals surface area (Å²) in [5.74, 6) is 0. The van der Waals surface area contributed by atoms with Crippen LogP contribution < -0.4 is 10.6 Å². The van der Waals surface area contributed by atoms with Crippen molar-refractivity contribution >= 4 is 34.4 Å². The first kappa shape index (κ1) is 22.3. The normalized spacial score (nSPS) is 15.1. The summed E-state index contributed by atoms with van der Waals surface area (Å²) in [5, 5.41) is 0. The van der Waals surface area contributed by atoms with Gasteiger partial charge >= 0.3 is 6.09 Å². The van der Waals surface area contributed by atoms with Crippen LogP contribution in [0.2, 0.25) is 0 Å². The van der Waals surface area contributed by atoms with Gasteiger partial charge < -0.3 is 24.8 Å². The van der Waals surface area contributed by atoms with E-state index in [2.05, 4.69) is 27.1 Å². The minimum Gasteiger partial charge on any atom is -0.444 e. The van der Waals surface area contributed by atoms with Gasteiger partial charge in [-0.2, -0.15) is 0 Å². The van der Waals surface area contributed by atoms with Crippen LogP contribution in [0.5, 0.6) is 0 Å². The van der Waals surface area contributed by atoms with Crippen molar-refractivity contribution in [2.45, 2.75) is 39.3 Å². The third-order valence-electron chi connectivity index (χ3n) is 4.60. The van der Waals surface area contributed by atoms with E-state index in [9.17, 15) is 4.79 Å². The molecule has 156 valence electrons. The van der Waals surface area contributed by atoms with E-state index in [4.69, 9.17) is 15.5 Å². The molecule has 0 unspecified atom stereocenters. The minimum atomic E-state index is -0.475. The Morgan fingerprint density at radius 3 is 2.61 bits per heavy atom. The molecule has 0 atom stereocenters. The number of carbonyl (C=O) groups is 1. The molecule has 0 aromatic carbocycles. The summed E-state index contributed by atoms with van der Waals surface area (Å²) in [4.78, 5) is 21.2. The number of hydrogen-bond donors (Lipinski definition) is 1. The van der Waals surface area contributed by atoms with Gasteiger partial charge in [0.25, 0.3) is 0 Å². The molecule has 2 aromatic rings. The maximum Gasteiger partial charge on any atom is 0.410 e. The van der Waals surface area contributed by atoms with E-state index in [1.807, 2.05) is 40.1 Å². The van der Waals surface area contributed by atoms with Crippen LogP contribution >= 0.6 is 11.6 Å². The number of pyridine rings is 1. The minimum absolute atomic E-state index is 0.241. The molecule has 3 heterocycles. The fraction of sp³-hybridized carbons (Fsp3) is 0.600. The molecule has 1 amide bonds. The highest BCUT2D eigenvalue weighted by atomic mass is 35.5. The molecule has 0 aliphatic carbocycles. The topological polar surface area (TPSA) is 76.6 Å². The number of ether oxygens (including phenoxy) is 1.